The molecule has 4 nitrogen and oxygen atoms in total. The first-order valence-electron chi connectivity index (χ1n) is 7.76. The van der Waals surface area contributed by atoms with Crippen molar-refractivity contribution in [2.45, 2.75) is 19.2 Å². The van der Waals surface area contributed by atoms with Crippen LogP contribution < -0.4 is 14.8 Å². The maximum atomic E-state index is 13.5. The summed E-state index contributed by atoms with van der Waals surface area (Å²) >= 11 is 0. The zero-order valence-electron chi connectivity index (χ0n) is 13.8. The number of para-hydroxylation sites is 1. The summed E-state index contributed by atoms with van der Waals surface area (Å²) in [5.74, 6) is -1.08. The van der Waals surface area contributed by atoms with E-state index in [4.69, 9.17) is 9.47 Å². The molecule has 0 spiro atoms. The fourth-order valence-corrected chi connectivity index (χ4v) is 2.03. The molecule has 0 aromatic heterocycles. The Hall–Kier alpha value is -2.77. The van der Waals surface area contributed by atoms with Crippen LogP contribution in [0.4, 0.5) is 17.6 Å². The number of halogens is 4. The number of benzene rings is 2. The number of hydrogen-bond acceptors (Lipinski definition) is 3. The van der Waals surface area contributed by atoms with E-state index in [1.807, 2.05) is 0 Å². The third-order valence-electron chi connectivity index (χ3n) is 3.34. The quantitative estimate of drug-likeness (QED) is 0.595. The third-order valence-corrected chi connectivity index (χ3v) is 3.34. The fraction of sp³-hybridized carbons (Fsp3) is 0.278. The summed E-state index contributed by atoms with van der Waals surface area (Å²) in [6.45, 7) is 1.48. The number of rotatable bonds is 7. The molecule has 0 aliphatic carbocycles. The highest BCUT2D eigenvalue weighted by Gasteiger charge is 2.30. The molecule has 1 amide bonds. The van der Waals surface area contributed by atoms with Crippen LogP contribution in [0.3, 0.4) is 0 Å². The molecule has 26 heavy (non-hydrogen) atoms. The lowest BCUT2D eigenvalue weighted by Crippen LogP contribution is -2.38. The zero-order valence-corrected chi connectivity index (χ0v) is 13.8. The molecule has 0 radical (unpaired) electrons. The van der Waals surface area contributed by atoms with Gasteiger partial charge in [0.25, 0.3) is 5.91 Å². The topological polar surface area (TPSA) is 47.6 Å². The van der Waals surface area contributed by atoms with E-state index < -0.39 is 29.6 Å². The molecule has 0 aliphatic heterocycles. The SMILES string of the molecule is C[C@H](Oc1ccccc1F)C(=O)NCCOc1cccc(C(F)(F)F)c1. The normalized spacial score (nSPS) is 12.3. The fourth-order valence-electron chi connectivity index (χ4n) is 2.03. The Balaban J connectivity index is 1.77. The van der Waals surface area contributed by atoms with E-state index in [1.54, 1.807) is 6.07 Å². The number of ether oxygens (including phenoxy) is 2. The highest BCUT2D eigenvalue weighted by atomic mass is 19.4. The molecule has 8 heteroatoms. The largest absolute Gasteiger partial charge is 0.492 e. The van der Waals surface area contributed by atoms with Gasteiger partial charge < -0.3 is 14.8 Å². The number of alkyl halides is 3. The molecule has 1 N–H and O–H groups in total. The molecule has 1 atom stereocenters. The Labute approximate surface area is 147 Å². The van der Waals surface area contributed by atoms with Gasteiger partial charge in [0.15, 0.2) is 17.7 Å². The second-order valence-electron chi connectivity index (χ2n) is 5.36. The van der Waals surface area contributed by atoms with Crippen LogP contribution in [0.25, 0.3) is 0 Å². The van der Waals surface area contributed by atoms with Crippen LogP contribution in [0.15, 0.2) is 48.5 Å². The van der Waals surface area contributed by atoms with Crippen molar-refractivity contribution in [3.63, 3.8) is 0 Å². The lowest BCUT2D eigenvalue weighted by atomic mass is 10.2. The van der Waals surface area contributed by atoms with E-state index in [2.05, 4.69) is 5.32 Å². The van der Waals surface area contributed by atoms with Crippen LogP contribution in [0, 0.1) is 5.82 Å². The Morgan fingerprint density at radius 2 is 1.88 bits per heavy atom. The van der Waals surface area contributed by atoms with Crippen molar-refractivity contribution >= 4 is 5.91 Å². The van der Waals surface area contributed by atoms with Crippen LogP contribution in [0.1, 0.15) is 12.5 Å². The van der Waals surface area contributed by atoms with Crippen molar-refractivity contribution < 1.29 is 31.8 Å². The monoisotopic (exact) mass is 371 g/mol. The second kappa shape index (κ2) is 8.55. The first-order valence-corrected chi connectivity index (χ1v) is 7.76. The predicted molar refractivity (Wildman–Crippen MR) is 86.4 cm³/mol. The van der Waals surface area contributed by atoms with Crippen molar-refractivity contribution in [3.8, 4) is 11.5 Å². The van der Waals surface area contributed by atoms with Gasteiger partial charge in [-0.3, -0.25) is 4.79 Å². The van der Waals surface area contributed by atoms with Gasteiger partial charge in [0.2, 0.25) is 0 Å². The van der Waals surface area contributed by atoms with E-state index in [0.717, 1.165) is 12.1 Å². The van der Waals surface area contributed by atoms with Crippen molar-refractivity contribution in [2.24, 2.45) is 0 Å². The maximum absolute atomic E-state index is 13.5. The number of amides is 1. The summed E-state index contributed by atoms with van der Waals surface area (Å²) in [7, 11) is 0. The van der Waals surface area contributed by atoms with Crippen molar-refractivity contribution in [1.29, 1.82) is 0 Å². The first-order chi connectivity index (χ1) is 12.3. The molecule has 0 fully saturated rings. The van der Waals surface area contributed by atoms with E-state index in [9.17, 15) is 22.4 Å². The van der Waals surface area contributed by atoms with Crippen LogP contribution >= 0.6 is 0 Å². The molecule has 140 valence electrons. The van der Waals surface area contributed by atoms with Gasteiger partial charge in [-0.15, -0.1) is 0 Å². The van der Waals surface area contributed by atoms with Gasteiger partial charge in [-0.2, -0.15) is 13.2 Å². The summed E-state index contributed by atoms with van der Waals surface area (Å²) in [5.41, 5.74) is -0.814. The summed E-state index contributed by atoms with van der Waals surface area (Å²) in [4.78, 5) is 11.9. The Morgan fingerprint density at radius 1 is 1.15 bits per heavy atom. The van der Waals surface area contributed by atoms with Crippen molar-refractivity contribution in [3.05, 3.63) is 59.9 Å². The molecular weight excluding hydrogens is 354 g/mol. The minimum Gasteiger partial charge on any atom is -0.492 e. The van der Waals surface area contributed by atoms with Gasteiger partial charge in [0.1, 0.15) is 12.4 Å². The zero-order chi connectivity index (χ0) is 19.2. The average Bonchev–Trinajstić information content (AvgIpc) is 2.60. The van der Waals surface area contributed by atoms with Crippen molar-refractivity contribution in [1.82, 2.24) is 5.32 Å². The van der Waals surface area contributed by atoms with E-state index >= 15 is 0 Å². The van der Waals surface area contributed by atoms with Gasteiger partial charge in [-0.05, 0) is 37.3 Å². The minimum atomic E-state index is -4.45. The van der Waals surface area contributed by atoms with Crippen molar-refractivity contribution in [2.75, 3.05) is 13.2 Å². The molecule has 0 heterocycles. The van der Waals surface area contributed by atoms with Crippen LogP contribution in [0.5, 0.6) is 11.5 Å². The minimum absolute atomic E-state index is 0.0283. The van der Waals surface area contributed by atoms with E-state index in [-0.39, 0.29) is 24.7 Å². The Bertz CT molecular complexity index is 749. The molecule has 2 aromatic rings. The van der Waals surface area contributed by atoms with Gasteiger partial charge >= 0.3 is 6.18 Å². The standard InChI is InChI=1S/C18H17F4NO3/c1-12(26-16-8-3-2-7-15(16)19)17(24)23-9-10-25-14-6-4-5-13(11-14)18(20,21)22/h2-8,11-12H,9-10H2,1H3,(H,23,24)/t12-/m0/s1. The van der Waals surface area contributed by atoms with Crippen LogP contribution in [-0.4, -0.2) is 25.2 Å². The molecule has 0 aliphatic rings. The molecule has 2 rings (SSSR count). The summed E-state index contributed by atoms with van der Waals surface area (Å²) in [5, 5.41) is 2.50. The van der Waals surface area contributed by atoms with Crippen LogP contribution in [-0.2, 0) is 11.0 Å². The Kier molecular flexibility index (Phi) is 6.43. The summed E-state index contributed by atoms with van der Waals surface area (Å²) in [6, 6.07) is 10.1. The highest BCUT2D eigenvalue weighted by Crippen LogP contribution is 2.31. The Morgan fingerprint density at radius 3 is 2.58 bits per heavy atom. The van der Waals surface area contributed by atoms with E-state index in [1.165, 1.54) is 37.3 Å². The molecule has 0 unspecified atom stereocenters. The maximum Gasteiger partial charge on any atom is 0.416 e. The van der Waals surface area contributed by atoms with Crippen LogP contribution in [0.2, 0.25) is 0 Å². The number of hydrogen-bond donors (Lipinski definition) is 1. The van der Waals surface area contributed by atoms with Gasteiger partial charge in [-0.25, -0.2) is 4.39 Å². The van der Waals surface area contributed by atoms with Gasteiger partial charge in [-0.1, -0.05) is 18.2 Å². The average molecular weight is 371 g/mol. The summed E-state index contributed by atoms with van der Waals surface area (Å²) in [6.07, 6.45) is -5.40. The number of carbonyl (C=O) groups excluding carboxylic acids is 1. The molecule has 0 saturated carbocycles. The molecular formula is C18H17F4NO3. The summed E-state index contributed by atoms with van der Waals surface area (Å²) < 4.78 is 61.7. The highest BCUT2D eigenvalue weighted by molar-refractivity contribution is 5.80. The number of carbonyl (C=O) groups is 1. The van der Waals surface area contributed by atoms with Gasteiger partial charge in [0, 0.05) is 0 Å². The van der Waals surface area contributed by atoms with Gasteiger partial charge in [0.05, 0.1) is 12.1 Å². The predicted octanol–water partition coefficient (Wildman–Crippen LogP) is 3.81. The molecule has 0 bridgehead atoms. The molecule has 0 saturated heterocycles. The smallest absolute Gasteiger partial charge is 0.416 e. The lowest BCUT2D eigenvalue weighted by molar-refractivity contribution is -0.137. The number of nitrogens with one attached hydrogen (secondary N) is 1. The second-order valence-corrected chi connectivity index (χ2v) is 5.36. The first kappa shape index (κ1) is 19.6. The lowest BCUT2D eigenvalue weighted by Gasteiger charge is -2.15. The third kappa shape index (κ3) is 5.65. The van der Waals surface area contributed by atoms with E-state index in [0.29, 0.717) is 0 Å². The molecule has 2 aromatic carbocycles.